The van der Waals surface area contributed by atoms with E-state index in [0.717, 1.165) is 33.0 Å². The zero-order chi connectivity index (χ0) is 20.3. The van der Waals surface area contributed by atoms with Gasteiger partial charge in [-0.05, 0) is 62.8 Å². The van der Waals surface area contributed by atoms with Gasteiger partial charge < -0.3 is 4.90 Å². The Morgan fingerprint density at radius 2 is 1.89 bits per heavy atom. The van der Waals surface area contributed by atoms with Crippen LogP contribution in [-0.2, 0) is 4.79 Å². The van der Waals surface area contributed by atoms with Crippen LogP contribution in [0.25, 0.3) is 16.3 Å². The van der Waals surface area contributed by atoms with Gasteiger partial charge in [0.05, 0.1) is 10.2 Å². The molecule has 0 saturated carbocycles. The maximum Gasteiger partial charge on any atom is 0.252 e. The van der Waals surface area contributed by atoms with Gasteiger partial charge in [0.25, 0.3) is 5.91 Å². The monoisotopic (exact) mass is 413 g/mol. The maximum atomic E-state index is 13.0. The number of hydrogen-bond donors (Lipinski definition) is 0. The van der Waals surface area contributed by atoms with Gasteiger partial charge in [-0.3, -0.25) is 9.69 Å². The number of anilines is 1. The summed E-state index contributed by atoms with van der Waals surface area (Å²) in [5.41, 5.74) is 4.15. The molecule has 0 radical (unpaired) electrons. The predicted molar refractivity (Wildman–Crippen MR) is 120 cm³/mol. The molecular weight excluding hydrogens is 390 g/mol. The highest BCUT2D eigenvalue weighted by atomic mass is 35.5. The second kappa shape index (κ2) is 8.86. The smallest absolute Gasteiger partial charge is 0.252 e. The molecule has 1 aromatic heterocycles. The highest BCUT2D eigenvalue weighted by Crippen LogP contribution is 2.32. The molecule has 28 heavy (non-hydrogen) atoms. The molecule has 2 aromatic carbocycles. The van der Waals surface area contributed by atoms with E-state index in [1.807, 2.05) is 38.4 Å². The minimum absolute atomic E-state index is 0.102. The lowest BCUT2D eigenvalue weighted by molar-refractivity contribution is -0.114. The largest absolute Gasteiger partial charge is 0.308 e. The van der Waals surface area contributed by atoms with Crippen LogP contribution in [0.15, 0.2) is 42.5 Å². The summed E-state index contributed by atoms with van der Waals surface area (Å²) in [5.74, 6) is -0.102. The van der Waals surface area contributed by atoms with Crippen LogP contribution in [0.4, 0.5) is 5.13 Å². The fourth-order valence-corrected chi connectivity index (χ4v) is 4.05. The topological polar surface area (TPSA) is 36.4 Å². The number of hydrogen-bond acceptors (Lipinski definition) is 4. The van der Waals surface area contributed by atoms with Crippen molar-refractivity contribution in [3.05, 3.63) is 64.2 Å². The van der Waals surface area contributed by atoms with Gasteiger partial charge in [-0.1, -0.05) is 47.2 Å². The SMILES string of the molecule is Cc1ccc2sc(N(CCN(C)C)C(=O)/C=C/c3ccccc3Cl)nc2c1C. The summed E-state index contributed by atoms with van der Waals surface area (Å²) < 4.78 is 1.09. The summed E-state index contributed by atoms with van der Waals surface area (Å²) in [6, 6.07) is 11.7. The molecule has 0 aliphatic carbocycles. The lowest BCUT2D eigenvalue weighted by Crippen LogP contribution is -2.35. The molecule has 0 aliphatic heterocycles. The molecule has 0 bridgehead atoms. The Morgan fingerprint density at radius 3 is 2.61 bits per heavy atom. The van der Waals surface area contributed by atoms with Crippen molar-refractivity contribution in [2.24, 2.45) is 0 Å². The number of aromatic nitrogens is 1. The van der Waals surface area contributed by atoms with E-state index < -0.39 is 0 Å². The molecule has 0 fully saturated rings. The third kappa shape index (κ3) is 4.61. The van der Waals surface area contributed by atoms with Crippen LogP contribution in [0.3, 0.4) is 0 Å². The van der Waals surface area contributed by atoms with E-state index in [0.29, 0.717) is 11.6 Å². The van der Waals surface area contributed by atoms with Crippen LogP contribution in [0.1, 0.15) is 16.7 Å². The van der Waals surface area contributed by atoms with Crippen LogP contribution in [-0.4, -0.2) is 43.0 Å². The van der Waals surface area contributed by atoms with Crippen molar-refractivity contribution in [2.75, 3.05) is 32.1 Å². The number of benzene rings is 2. The van der Waals surface area contributed by atoms with Gasteiger partial charge in [-0.15, -0.1) is 0 Å². The first-order chi connectivity index (χ1) is 13.4. The molecule has 0 unspecified atom stereocenters. The summed E-state index contributed by atoms with van der Waals surface area (Å²) in [5, 5.41) is 1.34. The molecule has 0 aliphatic rings. The zero-order valence-electron chi connectivity index (χ0n) is 16.6. The van der Waals surface area contributed by atoms with Gasteiger partial charge in [-0.2, -0.15) is 0 Å². The molecule has 4 nitrogen and oxygen atoms in total. The summed E-state index contributed by atoms with van der Waals surface area (Å²) >= 11 is 7.75. The number of aryl methyl sites for hydroxylation is 2. The van der Waals surface area contributed by atoms with Crippen molar-refractivity contribution in [3.63, 3.8) is 0 Å². The Balaban J connectivity index is 1.93. The fourth-order valence-electron chi connectivity index (χ4n) is 2.79. The van der Waals surface area contributed by atoms with Crippen molar-refractivity contribution in [1.29, 1.82) is 0 Å². The highest BCUT2D eigenvalue weighted by Gasteiger charge is 2.19. The van der Waals surface area contributed by atoms with E-state index in [2.05, 4.69) is 30.9 Å². The van der Waals surface area contributed by atoms with Crippen molar-refractivity contribution >= 4 is 50.3 Å². The summed E-state index contributed by atoms with van der Waals surface area (Å²) in [4.78, 5) is 21.6. The lowest BCUT2D eigenvalue weighted by atomic mass is 10.1. The first-order valence-corrected chi connectivity index (χ1v) is 10.3. The van der Waals surface area contributed by atoms with E-state index in [1.165, 1.54) is 5.56 Å². The van der Waals surface area contributed by atoms with Gasteiger partial charge in [-0.25, -0.2) is 4.98 Å². The van der Waals surface area contributed by atoms with E-state index in [4.69, 9.17) is 16.6 Å². The van der Waals surface area contributed by atoms with Gasteiger partial charge in [0.2, 0.25) is 0 Å². The average molecular weight is 414 g/mol. The molecule has 6 heteroatoms. The van der Waals surface area contributed by atoms with Crippen molar-refractivity contribution in [2.45, 2.75) is 13.8 Å². The van der Waals surface area contributed by atoms with Gasteiger partial charge in [0.15, 0.2) is 5.13 Å². The average Bonchev–Trinajstić information content (AvgIpc) is 3.09. The number of rotatable bonds is 6. The Morgan fingerprint density at radius 1 is 1.14 bits per heavy atom. The second-order valence-corrected chi connectivity index (χ2v) is 8.41. The minimum atomic E-state index is -0.102. The van der Waals surface area contributed by atoms with E-state index in [9.17, 15) is 4.79 Å². The number of carbonyl (C=O) groups is 1. The third-order valence-electron chi connectivity index (χ3n) is 4.65. The number of fused-ring (bicyclic) bond motifs is 1. The van der Waals surface area contributed by atoms with Crippen LogP contribution in [0, 0.1) is 13.8 Å². The van der Waals surface area contributed by atoms with Gasteiger partial charge in [0.1, 0.15) is 0 Å². The van der Waals surface area contributed by atoms with Crippen molar-refractivity contribution in [3.8, 4) is 0 Å². The van der Waals surface area contributed by atoms with Crippen LogP contribution >= 0.6 is 22.9 Å². The molecule has 3 rings (SSSR count). The first-order valence-electron chi connectivity index (χ1n) is 9.12. The summed E-state index contributed by atoms with van der Waals surface area (Å²) in [6.07, 6.45) is 3.33. The number of amides is 1. The highest BCUT2D eigenvalue weighted by molar-refractivity contribution is 7.22. The Kier molecular flexibility index (Phi) is 6.50. The third-order valence-corrected chi connectivity index (χ3v) is 6.04. The normalized spacial score (nSPS) is 11.6. The number of likely N-dealkylation sites (N-methyl/N-ethyl adjacent to an activating group) is 1. The Hall–Kier alpha value is -2.21. The number of carbonyl (C=O) groups excluding carboxylic acids is 1. The molecule has 0 atom stereocenters. The molecule has 146 valence electrons. The standard InChI is InChI=1S/C22H24ClN3OS/c1-15-9-11-19-21(16(15)2)24-22(28-19)26(14-13-25(3)4)20(27)12-10-17-7-5-6-8-18(17)23/h5-12H,13-14H2,1-4H3/b12-10+. The van der Waals surface area contributed by atoms with Crippen LogP contribution < -0.4 is 4.90 Å². The van der Waals surface area contributed by atoms with E-state index >= 15 is 0 Å². The molecule has 3 aromatic rings. The minimum Gasteiger partial charge on any atom is -0.308 e. The predicted octanol–water partition coefficient (Wildman–Crippen LogP) is 5.17. The summed E-state index contributed by atoms with van der Waals surface area (Å²) in [6.45, 7) is 5.47. The van der Waals surface area contributed by atoms with E-state index in [1.54, 1.807) is 28.4 Å². The number of nitrogens with zero attached hydrogens (tertiary/aromatic N) is 3. The van der Waals surface area contributed by atoms with Crippen LogP contribution in [0.5, 0.6) is 0 Å². The Labute approximate surface area is 175 Å². The lowest BCUT2D eigenvalue weighted by Gasteiger charge is -2.20. The Bertz CT molecular complexity index is 1030. The van der Waals surface area contributed by atoms with Gasteiger partial charge >= 0.3 is 0 Å². The molecule has 0 spiro atoms. The molecule has 1 amide bonds. The molecule has 0 saturated heterocycles. The zero-order valence-corrected chi connectivity index (χ0v) is 18.1. The maximum absolute atomic E-state index is 13.0. The van der Waals surface area contributed by atoms with Crippen molar-refractivity contribution < 1.29 is 4.79 Å². The molecule has 1 heterocycles. The quantitative estimate of drug-likeness (QED) is 0.523. The first kappa shape index (κ1) is 20.5. The second-order valence-electron chi connectivity index (χ2n) is 7.00. The fraction of sp³-hybridized carbons (Fsp3) is 0.273. The van der Waals surface area contributed by atoms with Crippen LogP contribution in [0.2, 0.25) is 5.02 Å². The molecular formula is C22H24ClN3OS. The van der Waals surface area contributed by atoms with E-state index in [-0.39, 0.29) is 5.91 Å². The number of halogens is 1. The number of thiazole rings is 1. The summed E-state index contributed by atoms with van der Waals surface area (Å²) in [7, 11) is 3.99. The van der Waals surface area contributed by atoms with Crippen molar-refractivity contribution in [1.82, 2.24) is 9.88 Å². The molecule has 0 N–H and O–H groups in total. The van der Waals surface area contributed by atoms with Gasteiger partial charge in [0, 0.05) is 24.2 Å².